The summed E-state index contributed by atoms with van der Waals surface area (Å²) >= 11 is 1.28. The Bertz CT molecular complexity index is 1250. The predicted octanol–water partition coefficient (Wildman–Crippen LogP) is 4.03. The molecule has 0 radical (unpaired) electrons. The molecule has 0 saturated heterocycles. The van der Waals surface area contributed by atoms with Crippen molar-refractivity contribution in [3.63, 3.8) is 0 Å². The van der Waals surface area contributed by atoms with Crippen molar-refractivity contribution in [2.45, 2.75) is 30.7 Å². The molecule has 3 aromatic rings. The minimum Gasteiger partial charge on any atom is -0.349 e. The van der Waals surface area contributed by atoms with Crippen LogP contribution >= 0.6 is 11.3 Å². The second kappa shape index (κ2) is 8.76. The highest BCUT2D eigenvalue weighted by Crippen LogP contribution is 2.27. The van der Waals surface area contributed by atoms with Gasteiger partial charge in [0.15, 0.2) is 0 Å². The molecule has 0 bridgehead atoms. The van der Waals surface area contributed by atoms with Crippen molar-refractivity contribution in [3.05, 3.63) is 76.7 Å². The smallest absolute Gasteiger partial charge is 0.264 e. The molecule has 1 saturated carbocycles. The number of aryl methyl sites for hydroxylation is 1. The number of carbonyl (C=O) groups is 2. The Hall–Kier alpha value is -3.17. The van der Waals surface area contributed by atoms with E-state index >= 15 is 0 Å². The van der Waals surface area contributed by atoms with Gasteiger partial charge in [0.05, 0.1) is 16.1 Å². The number of nitrogens with one attached hydrogen (secondary N) is 2. The number of thiophene rings is 1. The number of anilines is 2. The van der Waals surface area contributed by atoms with Gasteiger partial charge in [-0.1, -0.05) is 17.7 Å². The van der Waals surface area contributed by atoms with Gasteiger partial charge in [-0.3, -0.25) is 13.9 Å². The van der Waals surface area contributed by atoms with Crippen molar-refractivity contribution in [2.75, 3.05) is 16.7 Å². The van der Waals surface area contributed by atoms with Gasteiger partial charge < -0.3 is 10.6 Å². The maximum Gasteiger partial charge on any atom is 0.264 e. The van der Waals surface area contributed by atoms with E-state index in [9.17, 15) is 18.0 Å². The van der Waals surface area contributed by atoms with Crippen molar-refractivity contribution >= 4 is 43.9 Å². The number of rotatable bonds is 7. The van der Waals surface area contributed by atoms with Crippen molar-refractivity contribution in [1.29, 1.82) is 0 Å². The van der Waals surface area contributed by atoms with E-state index in [4.69, 9.17) is 0 Å². The largest absolute Gasteiger partial charge is 0.349 e. The van der Waals surface area contributed by atoms with Gasteiger partial charge in [-0.05, 0) is 67.6 Å². The van der Waals surface area contributed by atoms with Gasteiger partial charge in [-0.25, -0.2) is 8.42 Å². The zero-order valence-corrected chi connectivity index (χ0v) is 19.3. The minimum absolute atomic E-state index is 0.192. The van der Waals surface area contributed by atoms with Crippen LogP contribution < -0.4 is 14.9 Å². The molecule has 0 unspecified atom stereocenters. The lowest BCUT2D eigenvalue weighted by molar-refractivity contribution is 0.0952. The number of hydrogen-bond acceptors (Lipinski definition) is 5. The van der Waals surface area contributed by atoms with E-state index in [0.29, 0.717) is 21.8 Å². The molecule has 2 N–H and O–H groups in total. The minimum atomic E-state index is -3.71. The quantitative estimate of drug-likeness (QED) is 0.546. The van der Waals surface area contributed by atoms with Gasteiger partial charge >= 0.3 is 0 Å². The van der Waals surface area contributed by atoms with Crippen LogP contribution in [0.5, 0.6) is 0 Å². The zero-order valence-electron chi connectivity index (χ0n) is 17.7. The summed E-state index contributed by atoms with van der Waals surface area (Å²) in [5, 5.41) is 7.93. The van der Waals surface area contributed by atoms with Crippen LogP contribution in [0, 0.1) is 6.92 Å². The van der Waals surface area contributed by atoms with Gasteiger partial charge in [0.25, 0.3) is 21.8 Å². The lowest BCUT2D eigenvalue weighted by Crippen LogP contribution is -2.27. The Morgan fingerprint density at radius 1 is 0.969 bits per heavy atom. The Kier molecular flexibility index (Phi) is 6.03. The average molecular weight is 470 g/mol. The van der Waals surface area contributed by atoms with Crippen LogP contribution in [0.1, 0.15) is 39.1 Å². The molecule has 1 aliphatic rings. The fourth-order valence-electron chi connectivity index (χ4n) is 3.08. The number of nitrogens with zero attached hydrogens (tertiary/aromatic N) is 1. The molecule has 1 aromatic heterocycles. The standard InChI is InChI=1S/C23H23N3O4S2/c1-15-3-11-19(12-4-15)32(29,30)26(2)18-9-5-16(6-10-18)21(27)25-23-20(13-14-31-23)22(28)24-17-7-8-17/h3-6,9-14,17H,7-8H2,1-2H3,(H,24,28)(H,25,27). The monoisotopic (exact) mass is 469 g/mol. The van der Waals surface area contributed by atoms with Crippen LogP contribution in [0.25, 0.3) is 0 Å². The van der Waals surface area contributed by atoms with E-state index in [1.165, 1.54) is 22.7 Å². The van der Waals surface area contributed by atoms with E-state index in [-0.39, 0.29) is 22.8 Å². The van der Waals surface area contributed by atoms with E-state index in [1.807, 2.05) is 6.92 Å². The molecule has 1 aliphatic carbocycles. The molecule has 0 spiro atoms. The van der Waals surface area contributed by atoms with Crippen LogP contribution in [0.4, 0.5) is 10.7 Å². The molecule has 0 atom stereocenters. The van der Waals surface area contributed by atoms with Crippen molar-refractivity contribution < 1.29 is 18.0 Å². The van der Waals surface area contributed by atoms with E-state index < -0.39 is 10.0 Å². The first kappa shape index (κ1) is 22.0. The van der Waals surface area contributed by atoms with Crippen LogP contribution in [-0.2, 0) is 10.0 Å². The molecule has 1 heterocycles. The van der Waals surface area contributed by atoms with Gasteiger partial charge in [-0.15, -0.1) is 11.3 Å². The third kappa shape index (κ3) is 4.68. The van der Waals surface area contributed by atoms with Crippen LogP contribution in [-0.4, -0.2) is 33.3 Å². The zero-order chi connectivity index (χ0) is 22.9. The number of carbonyl (C=O) groups excluding carboxylic acids is 2. The first-order chi connectivity index (χ1) is 15.3. The molecule has 2 amide bonds. The SMILES string of the molecule is Cc1ccc(S(=O)(=O)N(C)c2ccc(C(=O)Nc3sccc3C(=O)NC3CC3)cc2)cc1. The van der Waals surface area contributed by atoms with Crippen molar-refractivity contribution in [1.82, 2.24) is 5.32 Å². The van der Waals surface area contributed by atoms with E-state index in [1.54, 1.807) is 60.0 Å². The first-order valence-electron chi connectivity index (χ1n) is 10.1. The van der Waals surface area contributed by atoms with Crippen molar-refractivity contribution in [3.8, 4) is 0 Å². The Labute approximate surface area is 191 Å². The molecule has 1 fully saturated rings. The lowest BCUT2D eigenvalue weighted by Gasteiger charge is -2.20. The molecule has 4 rings (SSSR count). The summed E-state index contributed by atoms with van der Waals surface area (Å²) in [4.78, 5) is 25.2. The highest BCUT2D eigenvalue weighted by atomic mass is 32.2. The van der Waals surface area contributed by atoms with Crippen LogP contribution in [0.3, 0.4) is 0 Å². The highest BCUT2D eigenvalue weighted by Gasteiger charge is 2.26. The molecule has 2 aromatic carbocycles. The number of sulfonamides is 1. The number of amides is 2. The third-order valence-corrected chi connectivity index (χ3v) is 7.85. The van der Waals surface area contributed by atoms with Gasteiger partial charge in [0, 0.05) is 18.7 Å². The second-order valence-electron chi connectivity index (χ2n) is 7.70. The molecule has 7 nitrogen and oxygen atoms in total. The maximum absolute atomic E-state index is 12.9. The fraction of sp³-hybridized carbons (Fsp3) is 0.217. The lowest BCUT2D eigenvalue weighted by atomic mass is 10.2. The average Bonchev–Trinajstić information content (AvgIpc) is 3.47. The summed E-state index contributed by atoms with van der Waals surface area (Å²) in [6, 6.07) is 14.8. The molecular weight excluding hydrogens is 446 g/mol. The Morgan fingerprint density at radius 3 is 2.25 bits per heavy atom. The Balaban J connectivity index is 1.46. The van der Waals surface area contributed by atoms with Crippen LogP contribution in [0.2, 0.25) is 0 Å². The summed E-state index contributed by atoms with van der Waals surface area (Å²) in [5.74, 6) is -0.564. The van der Waals surface area contributed by atoms with E-state index in [0.717, 1.165) is 18.4 Å². The summed E-state index contributed by atoms with van der Waals surface area (Å²) in [7, 11) is -2.24. The van der Waals surface area contributed by atoms with Crippen LogP contribution in [0.15, 0.2) is 64.9 Å². The molecule has 9 heteroatoms. The number of benzene rings is 2. The van der Waals surface area contributed by atoms with E-state index in [2.05, 4.69) is 10.6 Å². The first-order valence-corrected chi connectivity index (χ1v) is 12.4. The summed E-state index contributed by atoms with van der Waals surface area (Å²) in [6.07, 6.45) is 1.97. The Morgan fingerprint density at radius 2 is 1.62 bits per heavy atom. The molecule has 32 heavy (non-hydrogen) atoms. The maximum atomic E-state index is 12.9. The second-order valence-corrected chi connectivity index (χ2v) is 10.6. The summed E-state index contributed by atoms with van der Waals surface area (Å²) in [5.41, 5.74) is 2.20. The summed E-state index contributed by atoms with van der Waals surface area (Å²) in [6.45, 7) is 1.89. The summed E-state index contributed by atoms with van der Waals surface area (Å²) < 4.78 is 26.9. The number of hydrogen-bond donors (Lipinski definition) is 2. The molecule has 0 aliphatic heterocycles. The molecular formula is C23H23N3O4S2. The fourth-order valence-corrected chi connectivity index (χ4v) is 5.06. The van der Waals surface area contributed by atoms with Crippen molar-refractivity contribution in [2.24, 2.45) is 0 Å². The third-order valence-electron chi connectivity index (χ3n) is 5.22. The predicted molar refractivity (Wildman–Crippen MR) is 126 cm³/mol. The topological polar surface area (TPSA) is 95.6 Å². The highest BCUT2D eigenvalue weighted by molar-refractivity contribution is 7.92. The van der Waals surface area contributed by atoms with Gasteiger partial charge in [0.2, 0.25) is 0 Å². The molecule has 166 valence electrons. The normalized spacial score (nSPS) is 13.4. The van der Waals surface area contributed by atoms with Gasteiger partial charge in [-0.2, -0.15) is 0 Å². The van der Waals surface area contributed by atoms with Gasteiger partial charge in [0.1, 0.15) is 5.00 Å².